The first-order valence-electron chi connectivity index (χ1n) is 12.6. The number of carbonyl (C=O) groups is 2. The van der Waals surface area contributed by atoms with Crippen LogP contribution in [0.4, 0.5) is 14.5 Å². The van der Waals surface area contributed by atoms with Crippen LogP contribution in [0.1, 0.15) is 53.9 Å². The predicted molar refractivity (Wildman–Crippen MR) is 153 cm³/mol. The number of halogens is 3. The van der Waals surface area contributed by atoms with E-state index >= 15 is 4.39 Å². The maximum Gasteiger partial charge on any atom is 0.259 e. The van der Waals surface area contributed by atoms with Gasteiger partial charge in [0.25, 0.3) is 5.91 Å². The van der Waals surface area contributed by atoms with E-state index in [1.165, 1.54) is 19.2 Å². The third kappa shape index (κ3) is 6.07. The van der Waals surface area contributed by atoms with Gasteiger partial charge in [0.1, 0.15) is 28.6 Å². The van der Waals surface area contributed by atoms with Crippen molar-refractivity contribution in [3.8, 4) is 5.75 Å². The Labute approximate surface area is 236 Å². The van der Waals surface area contributed by atoms with Crippen molar-refractivity contribution in [3.63, 3.8) is 0 Å². The summed E-state index contributed by atoms with van der Waals surface area (Å²) in [7, 11) is 1.45. The summed E-state index contributed by atoms with van der Waals surface area (Å²) < 4.78 is 34.7. The number of benzene rings is 3. The second-order valence-corrected chi connectivity index (χ2v) is 11.0. The lowest BCUT2D eigenvalue weighted by Gasteiger charge is -2.34. The average Bonchev–Trinajstić information content (AvgIpc) is 2.86. The molecule has 4 aromatic rings. The number of methoxy groups -OCH3 is 1. The normalized spacial score (nSPS) is 12.2. The lowest BCUT2D eigenvalue weighted by molar-refractivity contribution is -0.123. The molecule has 40 heavy (non-hydrogen) atoms. The molecule has 1 N–H and O–H groups in total. The van der Waals surface area contributed by atoms with Crippen LogP contribution in [-0.2, 0) is 4.79 Å². The van der Waals surface area contributed by atoms with E-state index in [0.717, 1.165) is 28.2 Å². The Balaban J connectivity index is 2.04. The van der Waals surface area contributed by atoms with Gasteiger partial charge in [-0.2, -0.15) is 0 Å². The average molecular weight is 566 g/mol. The zero-order chi connectivity index (χ0) is 29.4. The van der Waals surface area contributed by atoms with E-state index in [0.29, 0.717) is 22.7 Å². The van der Waals surface area contributed by atoms with Crippen LogP contribution < -0.4 is 15.0 Å². The van der Waals surface area contributed by atoms with Gasteiger partial charge in [0.15, 0.2) is 0 Å². The molecular weight excluding hydrogens is 536 g/mol. The van der Waals surface area contributed by atoms with E-state index in [4.69, 9.17) is 16.3 Å². The second kappa shape index (κ2) is 11.2. The molecule has 208 valence electrons. The monoisotopic (exact) mass is 565 g/mol. The Morgan fingerprint density at radius 2 is 1.75 bits per heavy atom. The van der Waals surface area contributed by atoms with Crippen molar-refractivity contribution in [1.29, 1.82) is 0 Å². The Morgan fingerprint density at radius 1 is 1.02 bits per heavy atom. The molecule has 0 aliphatic heterocycles. The summed E-state index contributed by atoms with van der Waals surface area (Å²) in [5, 5.41) is 3.57. The number of aryl methyl sites for hydroxylation is 2. The van der Waals surface area contributed by atoms with E-state index in [9.17, 15) is 14.0 Å². The van der Waals surface area contributed by atoms with Crippen molar-refractivity contribution in [1.82, 2.24) is 10.3 Å². The SMILES string of the molecule is COc1cccc(C(=O)N(c2ccc(F)cc2F)C(C(=O)NC(C)(C)C)c2cc3c(C)cc(C)cc3nc2Cl)c1. The van der Waals surface area contributed by atoms with Crippen molar-refractivity contribution in [2.75, 3.05) is 12.0 Å². The van der Waals surface area contributed by atoms with Crippen LogP contribution in [0.2, 0.25) is 5.15 Å². The molecule has 1 aromatic heterocycles. The number of fused-ring (bicyclic) bond motifs is 1. The molecule has 0 saturated carbocycles. The summed E-state index contributed by atoms with van der Waals surface area (Å²) in [6.45, 7) is 9.17. The quantitative estimate of drug-likeness (QED) is 0.253. The second-order valence-electron chi connectivity index (χ2n) is 10.7. The number of nitrogens with zero attached hydrogens (tertiary/aromatic N) is 2. The van der Waals surface area contributed by atoms with Gasteiger partial charge in [-0.1, -0.05) is 23.7 Å². The number of rotatable bonds is 6. The summed E-state index contributed by atoms with van der Waals surface area (Å²) in [5.41, 5.74) is 1.75. The molecule has 0 fully saturated rings. The van der Waals surface area contributed by atoms with Gasteiger partial charge in [0.05, 0.1) is 18.3 Å². The molecule has 4 rings (SSSR count). The molecule has 0 radical (unpaired) electrons. The van der Waals surface area contributed by atoms with Crippen molar-refractivity contribution in [2.24, 2.45) is 0 Å². The highest BCUT2D eigenvalue weighted by atomic mass is 35.5. The van der Waals surface area contributed by atoms with Gasteiger partial charge in [0, 0.05) is 28.1 Å². The summed E-state index contributed by atoms with van der Waals surface area (Å²) in [6, 6.07) is 13.1. The van der Waals surface area contributed by atoms with Gasteiger partial charge in [-0.05, 0) is 88.2 Å². The molecule has 0 saturated heterocycles. The number of ether oxygens (including phenoxy) is 1. The van der Waals surface area contributed by atoms with Crippen LogP contribution in [0.3, 0.4) is 0 Å². The van der Waals surface area contributed by atoms with Crippen molar-refractivity contribution in [3.05, 3.63) is 99.7 Å². The molecule has 0 spiro atoms. The maximum absolute atomic E-state index is 15.4. The molecule has 0 aliphatic carbocycles. The van der Waals surface area contributed by atoms with Crippen LogP contribution in [0.25, 0.3) is 10.9 Å². The predicted octanol–water partition coefficient (Wildman–Crippen LogP) is 7.09. The smallest absolute Gasteiger partial charge is 0.259 e. The highest BCUT2D eigenvalue weighted by molar-refractivity contribution is 6.31. The van der Waals surface area contributed by atoms with Gasteiger partial charge in [-0.15, -0.1) is 0 Å². The van der Waals surface area contributed by atoms with Gasteiger partial charge < -0.3 is 10.1 Å². The van der Waals surface area contributed by atoms with E-state index in [1.807, 2.05) is 26.0 Å². The first-order chi connectivity index (χ1) is 18.8. The number of hydrogen-bond acceptors (Lipinski definition) is 4. The van der Waals surface area contributed by atoms with Crippen LogP contribution in [0.5, 0.6) is 5.75 Å². The fourth-order valence-corrected chi connectivity index (χ4v) is 4.84. The molecule has 1 atom stereocenters. The number of carbonyl (C=O) groups excluding carboxylic acids is 2. The van der Waals surface area contributed by atoms with Crippen LogP contribution in [0, 0.1) is 25.5 Å². The van der Waals surface area contributed by atoms with E-state index in [-0.39, 0.29) is 22.0 Å². The Morgan fingerprint density at radius 3 is 2.40 bits per heavy atom. The van der Waals surface area contributed by atoms with Crippen LogP contribution in [0.15, 0.2) is 60.7 Å². The van der Waals surface area contributed by atoms with Gasteiger partial charge in [-0.25, -0.2) is 13.8 Å². The summed E-state index contributed by atoms with van der Waals surface area (Å²) in [4.78, 5) is 33.7. The minimum Gasteiger partial charge on any atom is -0.497 e. The zero-order valence-electron chi connectivity index (χ0n) is 23.1. The summed E-state index contributed by atoms with van der Waals surface area (Å²) in [5.74, 6) is -2.82. The molecule has 2 amide bonds. The molecular formula is C31H30ClF2N3O3. The fraction of sp³-hybridized carbons (Fsp3) is 0.258. The van der Waals surface area contributed by atoms with Gasteiger partial charge in [0.2, 0.25) is 5.91 Å². The first-order valence-corrected chi connectivity index (χ1v) is 13.0. The highest BCUT2D eigenvalue weighted by Crippen LogP contribution is 2.37. The standard InChI is InChI=1S/C31H30ClF2N3O3/c1-17-12-18(2)22-16-23(28(32)35-25(22)13-17)27(29(38)36-31(3,4)5)37(26-11-10-20(33)15-24(26)34)30(39)19-8-7-9-21(14-19)40-6/h7-16,27H,1-6H3,(H,36,38). The van der Waals surface area contributed by atoms with E-state index < -0.39 is 35.0 Å². The van der Waals surface area contributed by atoms with Crippen molar-refractivity contribution < 1.29 is 23.1 Å². The summed E-state index contributed by atoms with van der Waals surface area (Å²) in [6.07, 6.45) is 0. The lowest BCUT2D eigenvalue weighted by atomic mass is 9.97. The van der Waals surface area contributed by atoms with Crippen LogP contribution >= 0.6 is 11.6 Å². The van der Waals surface area contributed by atoms with Crippen LogP contribution in [-0.4, -0.2) is 29.4 Å². The number of hydrogen-bond donors (Lipinski definition) is 1. The molecule has 3 aromatic carbocycles. The molecule has 6 nitrogen and oxygen atoms in total. The third-order valence-corrected chi connectivity index (χ3v) is 6.57. The Hall–Kier alpha value is -4.04. The fourth-order valence-electron chi connectivity index (χ4n) is 4.59. The number of anilines is 1. The molecule has 0 aliphatic rings. The largest absolute Gasteiger partial charge is 0.497 e. The Kier molecular flexibility index (Phi) is 8.12. The highest BCUT2D eigenvalue weighted by Gasteiger charge is 2.38. The topological polar surface area (TPSA) is 71.5 Å². The van der Waals surface area contributed by atoms with Crippen molar-refractivity contribution in [2.45, 2.75) is 46.2 Å². The number of amides is 2. The minimum atomic E-state index is -1.47. The van der Waals surface area contributed by atoms with E-state index in [1.54, 1.807) is 39.0 Å². The zero-order valence-corrected chi connectivity index (χ0v) is 23.9. The minimum absolute atomic E-state index is 0.0301. The molecule has 1 unspecified atom stereocenters. The summed E-state index contributed by atoms with van der Waals surface area (Å²) >= 11 is 6.71. The van der Waals surface area contributed by atoms with Gasteiger partial charge >= 0.3 is 0 Å². The number of nitrogens with one attached hydrogen (secondary N) is 1. The first kappa shape index (κ1) is 29.0. The maximum atomic E-state index is 15.4. The number of aromatic nitrogens is 1. The number of pyridine rings is 1. The molecule has 9 heteroatoms. The molecule has 0 bridgehead atoms. The lowest BCUT2D eigenvalue weighted by Crippen LogP contribution is -2.50. The van der Waals surface area contributed by atoms with E-state index in [2.05, 4.69) is 10.3 Å². The third-order valence-electron chi connectivity index (χ3n) is 6.27. The molecule has 1 heterocycles. The van der Waals surface area contributed by atoms with Gasteiger partial charge in [-0.3, -0.25) is 14.5 Å². The Bertz CT molecular complexity index is 1620. The van der Waals surface area contributed by atoms with Crippen molar-refractivity contribution >= 4 is 40.0 Å².